The van der Waals surface area contributed by atoms with Gasteiger partial charge in [-0.25, -0.2) is 9.78 Å². The normalized spacial score (nSPS) is 20.0. The Balaban J connectivity index is 1.62. The Morgan fingerprint density at radius 2 is 1.87 bits per heavy atom. The minimum absolute atomic E-state index is 0.109. The van der Waals surface area contributed by atoms with Gasteiger partial charge in [0.05, 0.1) is 24.5 Å². The van der Waals surface area contributed by atoms with Gasteiger partial charge in [0.2, 0.25) is 0 Å². The summed E-state index contributed by atoms with van der Waals surface area (Å²) in [6.45, 7) is 1.99. The summed E-state index contributed by atoms with van der Waals surface area (Å²) >= 11 is 0. The second-order valence-corrected chi connectivity index (χ2v) is 12.0. The maximum absolute atomic E-state index is 12.9. The topological polar surface area (TPSA) is 111 Å². The van der Waals surface area contributed by atoms with Gasteiger partial charge in [0.25, 0.3) is 0 Å². The Hall–Kier alpha value is -2.94. The van der Waals surface area contributed by atoms with Gasteiger partial charge in [-0.05, 0) is 69.7 Å². The molecule has 2 unspecified atom stereocenters. The third-order valence-corrected chi connectivity index (χ3v) is 7.37. The number of likely N-dealkylation sites (tertiary alicyclic amines) is 1. The molecule has 9 nitrogen and oxygen atoms in total. The van der Waals surface area contributed by atoms with Gasteiger partial charge in [0.15, 0.2) is 0 Å². The van der Waals surface area contributed by atoms with Crippen molar-refractivity contribution in [3.8, 4) is 17.0 Å². The third kappa shape index (κ3) is 6.45. The average molecular weight is 582 g/mol. The van der Waals surface area contributed by atoms with Crippen LogP contribution in [0, 0.1) is 5.92 Å². The van der Waals surface area contributed by atoms with E-state index < -0.39 is 45.9 Å². The Bertz CT molecular complexity index is 1320. The van der Waals surface area contributed by atoms with E-state index in [1.165, 1.54) is 23.2 Å². The molecule has 2 atom stereocenters. The van der Waals surface area contributed by atoms with Crippen molar-refractivity contribution in [1.82, 2.24) is 14.9 Å². The summed E-state index contributed by atoms with van der Waals surface area (Å²) in [5.41, 5.74) is -4.29. The summed E-state index contributed by atoms with van der Waals surface area (Å²) in [6.07, 6.45) is 2.51. The predicted molar refractivity (Wildman–Crippen MR) is 127 cm³/mol. The van der Waals surface area contributed by atoms with Crippen LogP contribution in [-0.4, -0.2) is 60.3 Å². The molecule has 2 aromatic rings. The van der Waals surface area contributed by atoms with Crippen molar-refractivity contribution in [2.24, 2.45) is 5.92 Å². The van der Waals surface area contributed by atoms with Crippen molar-refractivity contribution < 1.29 is 48.8 Å². The van der Waals surface area contributed by atoms with Crippen LogP contribution in [-0.2, 0) is 32.4 Å². The highest BCUT2D eigenvalue weighted by molar-refractivity contribution is 7.88. The second-order valence-electron chi connectivity index (χ2n) is 10.4. The fourth-order valence-corrected chi connectivity index (χ4v) is 5.33. The van der Waals surface area contributed by atoms with Crippen molar-refractivity contribution in [1.29, 1.82) is 0 Å². The summed E-state index contributed by atoms with van der Waals surface area (Å²) < 4.78 is 101. The van der Waals surface area contributed by atoms with Crippen LogP contribution in [0.4, 0.5) is 26.7 Å². The van der Waals surface area contributed by atoms with Gasteiger partial charge >= 0.3 is 28.3 Å². The first kappa shape index (κ1) is 29.1. The molecule has 1 aliphatic heterocycles. The molecular formula is C24H28F5N3O6S. The van der Waals surface area contributed by atoms with Crippen LogP contribution in [0.25, 0.3) is 11.3 Å². The van der Waals surface area contributed by atoms with Crippen LogP contribution in [0.2, 0.25) is 0 Å². The van der Waals surface area contributed by atoms with Crippen LogP contribution < -0.4 is 4.18 Å². The molecule has 15 heteroatoms. The molecule has 0 saturated carbocycles. The smallest absolute Gasteiger partial charge is 0.444 e. The van der Waals surface area contributed by atoms with E-state index in [0.29, 0.717) is 47.5 Å². The van der Waals surface area contributed by atoms with Gasteiger partial charge in [-0.2, -0.15) is 30.4 Å². The first-order valence-corrected chi connectivity index (χ1v) is 13.6. The van der Waals surface area contributed by atoms with Crippen LogP contribution in [0.3, 0.4) is 0 Å². The molecule has 4 rings (SSSR count). The van der Waals surface area contributed by atoms with Crippen LogP contribution in [0.5, 0.6) is 5.75 Å². The number of ether oxygens (including phenoxy) is 2. The molecular weight excluding hydrogens is 553 g/mol. The van der Waals surface area contributed by atoms with E-state index in [4.69, 9.17) is 4.74 Å². The van der Waals surface area contributed by atoms with Gasteiger partial charge in [-0.3, -0.25) is 4.90 Å². The molecule has 39 heavy (non-hydrogen) atoms. The van der Waals surface area contributed by atoms with E-state index in [-0.39, 0.29) is 25.3 Å². The summed E-state index contributed by atoms with van der Waals surface area (Å²) in [5.74, 6) is -0.416. The number of alkyl halides is 5. The lowest BCUT2D eigenvalue weighted by Gasteiger charge is -2.27. The molecule has 1 aromatic carbocycles. The minimum atomic E-state index is -5.83. The Kier molecular flexibility index (Phi) is 7.87. The number of carbonyl (C=O) groups excluding carboxylic acids is 1. The predicted octanol–water partition coefficient (Wildman–Crippen LogP) is 5.33. The fraction of sp³-hybridized carbons (Fsp3) is 0.583. The number of aromatic amines is 1. The standard InChI is InChI=1S/C24H28F5N3O6S/c1-23(2,3)37-22(33)32-11-13(12-36-21(25)26)9-18(32)20-30-10-17(31-20)15-7-8-19(16-6-4-5-14(15)16)38-39(34,35)24(27,28)29/h7-8,10,13,18,21H,4-6,9,11-12H2,1-3H3,(H,30,31). The fourth-order valence-electron chi connectivity index (χ4n) is 4.85. The van der Waals surface area contributed by atoms with Gasteiger partial charge in [-0.1, -0.05) is 0 Å². The summed E-state index contributed by atoms with van der Waals surface area (Å²) in [6, 6.07) is 1.98. The molecule has 1 aliphatic carbocycles. The minimum Gasteiger partial charge on any atom is -0.444 e. The summed E-state index contributed by atoms with van der Waals surface area (Å²) in [4.78, 5) is 21.9. The number of hydrogen-bond donors (Lipinski definition) is 1. The molecule has 1 N–H and O–H groups in total. The quantitative estimate of drug-likeness (QED) is 0.267. The van der Waals surface area contributed by atoms with E-state index in [1.807, 2.05) is 0 Å². The van der Waals surface area contributed by atoms with Crippen molar-refractivity contribution in [3.05, 3.63) is 35.3 Å². The number of rotatable bonds is 7. The number of aromatic nitrogens is 2. The Morgan fingerprint density at radius 1 is 1.18 bits per heavy atom. The molecule has 0 spiro atoms. The lowest BCUT2D eigenvalue weighted by Crippen LogP contribution is -2.37. The molecule has 1 fully saturated rings. The molecule has 2 heterocycles. The lowest BCUT2D eigenvalue weighted by atomic mass is 10.0. The van der Waals surface area contributed by atoms with Crippen LogP contribution in [0.1, 0.15) is 56.6 Å². The van der Waals surface area contributed by atoms with E-state index in [2.05, 4.69) is 18.9 Å². The molecule has 0 bridgehead atoms. The molecule has 1 amide bonds. The van der Waals surface area contributed by atoms with E-state index in [9.17, 15) is 35.2 Å². The van der Waals surface area contributed by atoms with Gasteiger partial charge in [0, 0.05) is 18.0 Å². The van der Waals surface area contributed by atoms with E-state index in [0.717, 1.165) is 0 Å². The van der Waals surface area contributed by atoms with Crippen molar-refractivity contribution >= 4 is 16.2 Å². The molecule has 216 valence electrons. The Labute approximate surface area is 221 Å². The number of benzene rings is 1. The molecule has 1 saturated heterocycles. The number of fused-ring (bicyclic) bond motifs is 1. The maximum atomic E-state index is 12.9. The summed E-state index contributed by atoms with van der Waals surface area (Å²) in [7, 11) is -5.83. The number of amides is 1. The zero-order chi connectivity index (χ0) is 28.8. The van der Waals surface area contributed by atoms with E-state index in [1.54, 1.807) is 20.8 Å². The second kappa shape index (κ2) is 10.6. The highest BCUT2D eigenvalue weighted by Gasteiger charge is 2.49. The number of halogens is 5. The van der Waals surface area contributed by atoms with Crippen molar-refractivity contribution in [2.45, 2.75) is 70.2 Å². The van der Waals surface area contributed by atoms with Gasteiger partial charge in [-0.15, -0.1) is 0 Å². The number of hydrogen-bond acceptors (Lipinski definition) is 7. The monoisotopic (exact) mass is 581 g/mol. The number of imidazole rings is 1. The number of carbonyl (C=O) groups is 1. The van der Waals surface area contributed by atoms with Gasteiger partial charge < -0.3 is 18.6 Å². The third-order valence-electron chi connectivity index (χ3n) is 6.40. The first-order chi connectivity index (χ1) is 18.1. The Morgan fingerprint density at radius 3 is 2.51 bits per heavy atom. The summed E-state index contributed by atoms with van der Waals surface area (Å²) in [5, 5.41) is 0. The number of nitrogens with one attached hydrogen (secondary N) is 1. The van der Waals surface area contributed by atoms with Crippen LogP contribution in [0.15, 0.2) is 18.3 Å². The van der Waals surface area contributed by atoms with E-state index >= 15 is 0 Å². The maximum Gasteiger partial charge on any atom is 0.534 e. The average Bonchev–Trinajstić information content (AvgIpc) is 3.54. The number of nitrogens with zero attached hydrogens (tertiary/aromatic N) is 2. The zero-order valence-corrected chi connectivity index (χ0v) is 22.2. The van der Waals surface area contributed by atoms with Crippen molar-refractivity contribution in [2.75, 3.05) is 13.2 Å². The first-order valence-electron chi connectivity index (χ1n) is 12.2. The molecule has 1 aromatic heterocycles. The van der Waals surface area contributed by atoms with Crippen molar-refractivity contribution in [3.63, 3.8) is 0 Å². The molecule has 2 aliphatic rings. The zero-order valence-electron chi connectivity index (χ0n) is 21.3. The highest BCUT2D eigenvalue weighted by atomic mass is 32.2. The lowest BCUT2D eigenvalue weighted by molar-refractivity contribution is -0.137. The number of H-pyrrole nitrogens is 1. The highest BCUT2D eigenvalue weighted by Crippen LogP contribution is 2.41. The van der Waals surface area contributed by atoms with Crippen LogP contribution >= 0.6 is 0 Å². The molecule has 0 radical (unpaired) electrons. The SMILES string of the molecule is CC(C)(C)OC(=O)N1CC(COC(F)F)CC1c1ncc(-c2ccc(OS(=O)(=O)C(F)(F)F)c3c2CCC3)[nH]1. The van der Waals surface area contributed by atoms with Gasteiger partial charge in [0.1, 0.15) is 17.2 Å². The largest absolute Gasteiger partial charge is 0.534 e.